The Morgan fingerprint density at radius 2 is 1.95 bits per heavy atom. The number of carboxylic acid groups (broad SMARTS) is 1. The van der Waals surface area contributed by atoms with Crippen molar-refractivity contribution < 1.29 is 14.3 Å². The topological polar surface area (TPSA) is 50.2 Å². The van der Waals surface area contributed by atoms with Gasteiger partial charge in [-0.3, -0.25) is 0 Å². The number of hydrogen-bond acceptors (Lipinski definition) is 2. The highest BCUT2D eigenvalue weighted by atomic mass is 35.5. The summed E-state index contributed by atoms with van der Waals surface area (Å²) in [6, 6.07) is 7.97. The van der Waals surface area contributed by atoms with Crippen molar-refractivity contribution in [2.45, 2.75) is 26.1 Å². The van der Waals surface area contributed by atoms with E-state index in [4.69, 9.17) is 11.6 Å². The third-order valence-corrected chi connectivity index (χ3v) is 5.70. The molecule has 0 amide bonds. The van der Waals surface area contributed by atoms with Crippen molar-refractivity contribution in [2.24, 2.45) is 0 Å². The maximum Gasteiger partial charge on any atom is 0.337 e. The zero-order valence-corrected chi connectivity index (χ0v) is 14.4. The van der Waals surface area contributed by atoms with Gasteiger partial charge in [-0.1, -0.05) is 48.6 Å². The number of pyridine rings is 1. The number of carboxylic acids is 1. The second kappa shape index (κ2) is 6.18. The van der Waals surface area contributed by atoms with Gasteiger partial charge in [0.05, 0.1) is 19.3 Å². The molecule has 0 saturated carbocycles. The van der Waals surface area contributed by atoms with Gasteiger partial charge in [-0.05, 0) is 23.8 Å². The molecule has 1 aromatic heterocycles. The smallest absolute Gasteiger partial charge is 0.337 e. The lowest BCUT2D eigenvalue weighted by atomic mass is 10.0. The van der Waals surface area contributed by atoms with Gasteiger partial charge in [-0.25, -0.2) is 14.2 Å². The molecule has 22 heavy (non-hydrogen) atoms. The van der Waals surface area contributed by atoms with Crippen LogP contribution in [0.5, 0.6) is 0 Å². The van der Waals surface area contributed by atoms with Crippen LogP contribution in [0.25, 0.3) is 0 Å². The van der Waals surface area contributed by atoms with E-state index >= 15 is 0 Å². The molecule has 0 aliphatic rings. The summed E-state index contributed by atoms with van der Waals surface area (Å²) in [4.78, 5) is 15.3. The van der Waals surface area contributed by atoms with Crippen molar-refractivity contribution in [1.82, 2.24) is 4.98 Å². The van der Waals surface area contributed by atoms with Gasteiger partial charge >= 0.3 is 5.97 Å². The fourth-order valence-electron chi connectivity index (χ4n) is 2.14. The SMILES string of the molecule is C[Si](C)(C)c1ccc(Cc2nc(Cl)ccc2C(=O)O)c(F)c1. The van der Waals surface area contributed by atoms with E-state index in [1.165, 1.54) is 12.1 Å². The molecule has 1 aromatic carbocycles. The monoisotopic (exact) mass is 337 g/mol. The van der Waals surface area contributed by atoms with E-state index < -0.39 is 14.0 Å². The summed E-state index contributed by atoms with van der Waals surface area (Å²) in [6.45, 7) is 6.42. The molecular formula is C16H17ClFNO2Si. The molecule has 1 N–H and O–H groups in total. The van der Waals surface area contributed by atoms with Gasteiger partial charge in [0, 0.05) is 6.42 Å². The van der Waals surface area contributed by atoms with E-state index in [1.54, 1.807) is 12.1 Å². The number of carbonyl (C=O) groups is 1. The summed E-state index contributed by atoms with van der Waals surface area (Å²) < 4.78 is 14.3. The Labute approximate surface area is 134 Å². The van der Waals surface area contributed by atoms with Gasteiger partial charge in [0.15, 0.2) is 0 Å². The first-order valence-corrected chi connectivity index (χ1v) is 10.7. The zero-order chi connectivity index (χ0) is 16.5. The van der Waals surface area contributed by atoms with Gasteiger partial charge < -0.3 is 5.11 Å². The molecule has 0 aliphatic heterocycles. The van der Waals surface area contributed by atoms with E-state index in [0.29, 0.717) is 5.56 Å². The average molecular weight is 338 g/mol. The highest BCUT2D eigenvalue weighted by Crippen LogP contribution is 2.18. The van der Waals surface area contributed by atoms with Crippen LogP contribution in [0.1, 0.15) is 21.6 Å². The standard InChI is InChI=1S/C16H17ClFNO2Si/c1-22(2,3)11-5-4-10(13(18)9-11)8-14-12(16(20)21)6-7-15(17)19-14/h4-7,9H,8H2,1-3H3,(H,20,21). The fourth-order valence-corrected chi connectivity index (χ4v) is 3.45. The minimum absolute atomic E-state index is 0.0399. The lowest BCUT2D eigenvalue weighted by Crippen LogP contribution is -2.37. The molecule has 1 heterocycles. The van der Waals surface area contributed by atoms with E-state index in [-0.39, 0.29) is 28.6 Å². The quantitative estimate of drug-likeness (QED) is 0.683. The summed E-state index contributed by atoms with van der Waals surface area (Å²) in [5.74, 6) is -1.43. The maximum absolute atomic E-state index is 14.3. The average Bonchev–Trinajstić information content (AvgIpc) is 2.39. The van der Waals surface area contributed by atoms with Crippen LogP contribution in [-0.4, -0.2) is 24.1 Å². The maximum atomic E-state index is 14.3. The number of halogens is 2. The van der Waals surface area contributed by atoms with E-state index in [9.17, 15) is 14.3 Å². The second-order valence-electron chi connectivity index (χ2n) is 6.17. The Kier molecular flexibility index (Phi) is 4.68. The van der Waals surface area contributed by atoms with Crippen molar-refractivity contribution in [2.75, 3.05) is 0 Å². The molecule has 116 valence electrons. The number of nitrogens with zero attached hydrogens (tertiary/aromatic N) is 1. The van der Waals surface area contributed by atoms with Crippen LogP contribution in [0.2, 0.25) is 24.8 Å². The summed E-state index contributed by atoms with van der Waals surface area (Å²) in [5.41, 5.74) is 0.719. The normalized spacial score (nSPS) is 11.5. The highest BCUT2D eigenvalue weighted by molar-refractivity contribution is 6.88. The van der Waals surface area contributed by atoms with Gasteiger partial charge in [0.25, 0.3) is 0 Å². The minimum Gasteiger partial charge on any atom is -0.478 e. The largest absolute Gasteiger partial charge is 0.478 e. The summed E-state index contributed by atoms with van der Waals surface area (Å²) in [7, 11) is -1.59. The van der Waals surface area contributed by atoms with Gasteiger partial charge in [-0.15, -0.1) is 0 Å². The van der Waals surface area contributed by atoms with Gasteiger partial charge in [-0.2, -0.15) is 0 Å². The summed E-state index contributed by atoms with van der Waals surface area (Å²) >= 11 is 5.82. The first-order chi connectivity index (χ1) is 10.2. The van der Waals surface area contributed by atoms with Crippen molar-refractivity contribution in [3.63, 3.8) is 0 Å². The molecule has 0 spiro atoms. The van der Waals surface area contributed by atoms with Crippen LogP contribution in [-0.2, 0) is 6.42 Å². The third-order valence-electron chi connectivity index (χ3n) is 3.45. The van der Waals surface area contributed by atoms with E-state index in [2.05, 4.69) is 24.6 Å². The molecule has 0 saturated heterocycles. The Balaban J connectivity index is 2.40. The third kappa shape index (κ3) is 3.72. The molecule has 2 rings (SSSR count). The first-order valence-electron chi connectivity index (χ1n) is 6.86. The van der Waals surface area contributed by atoms with Crippen molar-refractivity contribution in [3.05, 3.63) is 58.1 Å². The van der Waals surface area contributed by atoms with Crippen LogP contribution >= 0.6 is 11.6 Å². The van der Waals surface area contributed by atoms with Gasteiger partial charge in [0.2, 0.25) is 0 Å². The molecule has 0 radical (unpaired) electrons. The second-order valence-corrected chi connectivity index (χ2v) is 11.6. The molecule has 0 atom stereocenters. The van der Waals surface area contributed by atoms with Crippen molar-refractivity contribution >= 4 is 30.8 Å². The summed E-state index contributed by atoms with van der Waals surface area (Å²) in [6.07, 6.45) is 0.0972. The fraction of sp³-hybridized carbons (Fsp3) is 0.250. The lowest BCUT2D eigenvalue weighted by Gasteiger charge is -2.17. The number of aromatic carboxylic acids is 1. The van der Waals surface area contributed by atoms with Gasteiger partial charge in [0.1, 0.15) is 11.0 Å². The predicted molar refractivity (Wildman–Crippen MR) is 88.4 cm³/mol. The molecule has 0 fully saturated rings. The van der Waals surface area contributed by atoms with Crippen LogP contribution < -0.4 is 5.19 Å². The van der Waals surface area contributed by atoms with E-state index in [1.807, 2.05) is 6.07 Å². The van der Waals surface area contributed by atoms with Crippen LogP contribution in [0, 0.1) is 5.82 Å². The van der Waals surface area contributed by atoms with Crippen LogP contribution in [0.15, 0.2) is 30.3 Å². The lowest BCUT2D eigenvalue weighted by molar-refractivity contribution is 0.0695. The van der Waals surface area contributed by atoms with E-state index in [0.717, 1.165) is 5.19 Å². The Bertz CT molecular complexity index is 729. The van der Waals surface area contributed by atoms with Crippen molar-refractivity contribution in [3.8, 4) is 0 Å². The number of hydrogen-bond donors (Lipinski definition) is 1. The Morgan fingerprint density at radius 1 is 1.27 bits per heavy atom. The molecule has 6 heteroatoms. The van der Waals surface area contributed by atoms with Crippen LogP contribution in [0.3, 0.4) is 0 Å². The number of aromatic nitrogens is 1. The molecular weight excluding hydrogens is 321 g/mol. The van der Waals surface area contributed by atoms with Crippen molar-refractivity contribution in [1.29, 1.82) is 0 Å². The molecule has 0 bridgehead atoms. The van der Waals surface area contributed by atoms with Crippen LogP contribution in [0.4, 0.5) is 4.39 Å². The predicted octanol–water partition coefficient (Wildman–Crippen LogP) is 3.71. The first kappa shape index (κ1) is 16.6. The highest BCUT2D eigenvalue weighted by Gasteiger charge is 2.19. The molecule has 3 nitrogen and oxygen atoms in total. The number of rotatable bonds is 4. The molecule has 2 aromatic rings. The molecule has 0 unspecified atom stereocenters. The Morgan fingerprint density at radius 3 is 2.50 bits per heavy atom. The number of benzene rings is 1. The summed E-state index contributed by atoms with van der Waals surface area (Å²) in [5, 5.41) is 10.4. The molecule has 0 aliphatic carbocycles. The minimum atomic E-state index is -1.59. The Hall–Kier alpha value is -1.72. The zero-order valence-electron chi connectivity index (χ0n) is 12.7.